The Hall–Kier alpha value is 1.41. The first-order valence-corrected chi connectivity index (χ1v) is 5.29. The van der Waals surface area contributed by atoms with Gasteiger partial charge in [-0.3, -0.25) is 4.57 Å². The Morgan fingerprint density at radius 2 is 1.45 bits per heavy atom. The summed E-state index contributed by atoms with van der Waals surface area (Å²) in [5.41, 5.74) is 0. The van der Waals surface area contributed by atoms with Crippen LogP contribution >= 0.6 is 7.60 Å². The molecule has 0 aromatic heterocycles. The maximum absolute atomic E-state index is 11.3. The zero-order chi connectivity index (χ0) is 8.04. The molecule has 0 amide bonds. The second kappa shape index (κ2) is 8.03. The van der Waals surface area contributed by atoms with Crippen molar-refractivity contribution in [3.63, 3.8) is 0 Å². The Labute approximate surface area is 98.4 Å². The summed E-state index contributed by atoms with van der Waals surface area (Å²) in [6.07, 6.45) is 0.453. The van der Waals surface area contributed by atoms with Crippen molar-refractivity contribution in [3.05, 3.63) is 0 Å². The number of hydrogen-bond acceptors (Lipinski definition) is 3. The van der Waals surface area contributed by atoms with Crippen LogP contribution in [0.15, 0.2) is 0 Å². The average molecular weight is 206 g/mol. The van der Waals surface area contributed by atoms with Crippen LogP contribution in [0.5, 0.6) is 0 Å². The second-order valence-corrected chi connectivity index (χ2v) is 4.13. The van der Waals surface area contributed by atoms with E-state index in [1.807, 2.05) is 0 Å². The van der Waals surface area contributed by atoms with E-state index >= 15 is 0 Å². The fraction of sp³-hybridized carbons (Fsp3) is 1.00. The summed E-state index contributed by atoms with van der Waals surface area (Å²) in [6.45, 7) is 6.31. The van der Waals surface area contributed by atoms with Crippen LogP contribution in [0.2, 0.25) is 0 Å². The Bertz CT molecular complexity index is 119. The Morgan fingerprint density at radius 3 is 1.64 bits per heavy atom. The van der Waals surface area contributed by atoms with Crippen LogP contribution in [0.25, 0.3) is 0 Å². The van der Waals surface area contributed by atoms with Gasteiger partial charge in [-0.1, -0.05) is 6.92 Å². The summed E-state index contributed by atoms with van der Waals surface area (Å²) >= 11 is 0. The fourth-order valence-corrected chi connectivity index (χ4v) is 1.84. The molecule has 0 aliphatic heterocycles. The zero-order valence-electron chi connectivity index (χ0n) is 7.50. The summed E-state index contributed by atoms with van der Waals surface area (Å²) in [6, 6.07) is 0. The van der Waals surface area contributed by atoms with Gasteiger partial charge in [0.2, 0.25) is 0 Å². The molecule has 0 saturated heterocycles. The molecular weight excluding hydrogens is 191 g/mol. The molecule has 0 saturated carbocycles. The van der Waals surface area contributed by atoms with Crippen molar-refractivity contribution in [1.29, 1.82) is 0 Å². The predicted octanol–water partition coefficient (Wildman–Crippen LogP) is 1.89. The molecule has 0 heterocycles. The molecule has 0 fully saturated rings. The molecule has 0 spiro atoms. The number of hydrogen-bond donors (Lipinski definition) is 0. The minimum Gasteiger partial charge on any atom is -0.309 e. The molecule has 0 rings (SSSR count). The van der Waals surface area contributed by atoms with E-state index in [0.29, 0.717) is 19.4 Å². The molecule has 11 heavy (non-hydrogen) atoms. The summed E-state index contributed by atoms with van der Waals surface area (Å²) < 4.78 is 21.2. The van der Waals surface area contributed by atoms with Crippen LogP contribution in [-0.2, 0) is 13.6 Å². The minimum atomic E-state index is -2.70. The summed E-state index contributed by atoms with van der Waals surface area (Å²) in [5.74, 6) is 0. The smallest absolute Gasteiger partial charge is 0.309 e. The molecule has 2 radical (unpaired) electrons. The van der Waals surface area contributed by atoms with E-state index in [2.05, 4.69) is 0 Å². The summed E-state index contributed by atoms with van der Waals surface area (Å²) in [5, 5.41) is 0. The first-order chi connectivity index (χ1) is 4.68. The second-order valence-electron chi connectivity index (χ2n) is 1.76. The predicted molar refractivity (Wildman–Crippen MR) is 47.2 cm³/mol. The molecule has 3 nitrogen and oxygen atoms in total. The van der Waals surface area contributed by atoms with E-state index in [-0.39, 0.29) is 37.7 Å². The van der Waals surface area contributed by atoms with Gasteiger partial charge in [0.05, 0.1) is 13.2 Å². The van der Waals surface area contributed by atoms with Crippen LogP contribution in [-0.4, -0.2) is 57.1 Å². The Morgan fingerprint density at radius 1 is 1.09 bits per heavy atom. The summed E-state index contributed by atoms with van der Waals surface area (Å²) in [7, 11) is -2.70. The van der Waals surface area contributed by atoms with Crippen molar-refractivity contribution in [2.75, 3.05) is 19.4 Å². The van der Waals surface area contributed by atoms with E-state index in [1.165, 1.54) is 0 Å². The number of rotatable bonds is 5. The molecule has 64 valence electrons. The van der Waals surface area contributed by atoms with Crippen LogP contribution in [0.3, 0.4) is 0 Å². The Kier molecular flexibility index (Phi) is 10.9. The third-order valence-corrected chi connectivity index (χ3v) is 3.12. The van der Waals surface area contributed by atoms with Crippen molar-refractivity contribution in [1.82, 2.24) is 0 Å². The van der Waals surface area contributed by atoms with E-state index in [0.717, 1.165) is 0 Å². The molecular formula is C6H15CaO3P. The normalized spacial score (nSPS) is 10.8. The molecule has 0 aliphatic rings. The zero-order valence-corrected chi connectivity index (χ0v) is 10.6. The van der Waals surface area contributed by atoms with Crippen molar-refractivity contribution < 1.29 is 13.6 Å². The molecule has 0 bridgehead atoms. The van der Waals surface area contributed by atoms with Crippen molar-refractivity contribution in [2.24, 2.45) is 0 Å². The molecule has 5 heteroatoms. The molecule has 0 N–H and O–H groups in total. The van der Waals surface area contributed by atoms with Crippen molar-refractivity contribution >= 4 is 45.3 Å². The van der Waals surface area contributed by atoms with Gasteiger partial charge in [-0.05, 0) is 13.8 Å². The topological polar surface area (TPSA) is 35.5 Å². The maximum Gasteiger partial charge on any atom is 0.330 e. The standard InChI is InChI=1S/C6H15O3P.Ca/c1-4-8-10(7,6-3)9-5-2;/h4-6H2,1-3H3;. The molecule has 0 atom stereocenters. The average Bonchev–Trinajstić information content (AvgIpc) is 1.89. The minimum absolute atomic E-state index is 0. The maximum atomic E-state index is 11.3. The molecule has 0 unspecified atom stereocenters. The van der Waals surface area contributed by atoms with Crippen LogP contribution in [0, 0.1) is 0 Å². The van der Waals surface area contributed by atoms with Gasteiger partial charge in [-0.25, -0.2) is 0 Å². The fourth-order valence-electron chi connectivity index (χ4n) is 0.613. The van der Waals surface area contributed by atoms with Crippen LogP contribution < -0.4 is 0 Å². The van der Waals surface area contributed by atoms with E-state index in [1.54, 1.807) is 20.8 Å². The van der Waals surface area contributed by atoms with E-state index in [4.69, 9.17) is 9.05 Å². The SMILES string of the molecule is CCOP(=O)(CC)OCC.[Ca]. The quantitative estimate of drug-likeness (QED) is 0.509. The van der Waals surface area contributed by atoms with E-state index < -0.39 is 7.60 Å². The van der Waals surface area contributed by atoms with Gasteiger partial charge < -0.3 is 9.05 Å². The molecule has 0 aliphatic carbocycles. The van der Waals surface area contributed by atoms with Gasteiger partial charge in [0.1, 0.15) is 0 Å². The van der Waals surface area contributed by atoms with Gasteiger partial charge in [0.25, 0.3) is 0 Å². The third-order valence-electron chi connectivity index (χ3n) is 1.04. The largest absolute Gasteiger partial charge is 0.330 e. The first-order valence-electron chi connectivity index (χ1n) is 3.56. The van der Waals surface area contributed by atoms with E-state index in [9.17, 15) is 4.57 Å². The molecule has 0 aromatic rings. The first kappa shape index (κ1) is 14.9. The van der Waals surface area contributed by atoms with Crippen LogP contribution in [0.1, 0.15) is 20.8 Å². The van der Waals surface area contributed by atoms with Gasteiger partial charge in [-0.2, -0.15) is 0 Å². The molecule has 0 aromatic carbocycles. The van der Waals surface area contributed by atoms with Gasteiger partial charge in [0, 0.05) is 43.9 Å². The van der Waals surface area contributed by atoms with Gasteiger partial charge in [-0.15, -0.1) is 0 Å². The van der Waals surface area contributed by atoms with Crippen molar-refractivity contribution in [2.45, 2.75) is 20.8 Å². The monoisotopic (exact) mass is 206 g/mol. The van der Waals surface area contributed by atoms with Crippen LogP contribution in [0.4, 0.5) is 0 Å². The van der Waals surface area contributed by atoms with Gasteiger partial charge >= 0.3 is 7.60 Å². The van der Waals surface area contributed by atoms with Crippen molar-refractivity contribution in [3.8, 4) is 0 Å². The van der Waals surface area contributed by atoms with Gasteiger partial charge in [0.15, 0.2) is 0 Å². The summed E-state index contributed by atoms with van der Waals surface area (Å²) in [4.78, 5) is 0. The third kappa shape index (κ3) is 6.56. The Balaban J connectivity index is 0.